The fraction of sp³-hybridized carbons (Fsp3) is 0.769. The second-order valence-corrected chi connectivity index (χ2v) is 4.85. The predicted molar refractivity (Wildman–Crippen MR) is 69.9 cm³/mol. The van der Waals surface area contributed by atoms with E-state index in [2.05, 4.69) is 25.1 Å². The molecule has 0 saturated heterocycles. The van der Waals surface area contributed by atoms with Gasteiger partial charge in [0, 0.05) is 18.3 Å². The van der Waals surface area contributed by atoms with Crippen LogP contribution in [-0.4, -0.2) is 9.78 Å². The second-order valence-electron chi connectivity index (χ2n) is 4.33. The molecule has 0 spiro atoms. The van der Waals surface area contributed by atoms with Gasteiger partial charge in [0.2, 0.25) is 0 Å². The number of nitrogens with zero attached hydrogens (tertiary/aromatic N) is 2. The molecule has 0 saturated carbocycles. The second kappa shape index (κ2) is 7.72. The highest BCUT2D eigenvalue weighted by Gasteiger charge is 2.07. The maximum Gasteiger partial charge on any atom is 0.0613 e. The van der Waals surface area contributed by atoms with Crippen molar-refractivity contribution >= 4 is 11.6 Å². The predicted octanol–water partition coefficient (Wildman–Crippen LogP) is 4.54. The maximum absolute atomic E-state index is 6.15. The van der Waals surface area contributed by atoms with Gasteiger partial charge >= 0.3 is 0 Å². The normalized spacial score (nSPS) is 12.9. The van der Waals surface area contributed by atoms with Gasteiger partial charge in [0.25, 0.3) is 0 Å². The lowest BCUT2D eigenvalue weighted by molar-refractivity contribution is 0.533. The van der Waals surface area contributed by atoms with Crippen molar-refractivity contribution in [2.45, 2.75) is 64.3 Å². The summed E-state index contributed by atoms with van der Waals surface area (Å²) in [5, 5.41) is 4.45. The van der Waals surface area contributed by atoms with Crippen LogP contribution >= 0.6 is 11.6 Å². The molecule has 1 atom stereocenters. The van der Waals surface area contributed by atoms with Crippen molar-refractivity contribution in [3.8, 4) is 0 Å². The molecule has 1 aromatic heterocycles. The minimum Gasteiger partial charge on any atom is -0.272 e. The smallest absolute Gasteiger partial charge is 0.0613 e. The molecule has 0 bridgehead atoms. The van der Waals surface area contributed by atoms with E-state index in [4.69, 9.17) is 11.6 Å². The first-order chi connectivity index (χ1) is 7.77. The van der Waals surface area contributed by atoms with Gasteiger partial charge in [-0.2, -0.15) is 5.10 Å². The van der Waals surface area contributed by atoms with E-state index in [1.54, 1.807) is 0 Å². The van der Waals surface area contributed by atoms with Gasteiger partial charge in [-0.3, -0.25) is 4.68 Å². The van der Waals surface area contributed by atoms with Gasteiger partial charge < -0.3 is 0 Å². The summed E-state index contributed by atoms with van der Waals surface area (Å²) in [6.45, 7) is 5.36. The molecule has 0 aliphatic heterocycles. The van der Waals surface area contributed by atoms with Crippen LogP contribution in [0.5, 0.6) is 0 Å². The third-order valence-electron chi connectivity index (χ3n) is 2.86. The number of hydrogen-bond acceptors (Lipinski definition) is 1. The van der Waals surface area contributed by atoms with Gasteiger partial charge in [0.1, 0.15) is 0 Å². The molecule has 0 amide bonds. The summed E-state index contributed by atoms with van der Waals surface area (Å²) >= 11 is 6.15. The number of halogens is 1. The van der Waals surface area contributed by atoms with Crippen LogP contribution in [-0.2, 0) is 6.54 Å². The minimum absolute atomic E-state index is 0.119. The summed E-state index contributed by atoms with van der Waals surface area (Å²) in [7, 11) is 0. The summed E-state index contributed by atoms with van der Waals surface area (Å²) in [6.07, 6.45) is 11.5. The number of alkyl halides is 1. The lowest BCUT2D eigenvalue weighted by atomic mass is 10.1. The van der Waals surface area contributed by atoms with Crippen LogP contribution in [0.15, 0.2) is 12.4 Å². The molecule has 2 nitrogen and oxygen atoms in total. The lowest BCUT2D eigenvalue weighted by Crippen LogP contribution is -1.98. The zero-order valence-corrected chi connectivity index (χ0v) is 11.2. The Kier molecular flexibility index (Phi) is 6.55. The van der Waals surface area contributed by atoms with Crippen LogP contribution in [0.3, 0.4) is 0 Å². The van der Waals surface area contributed by atoms with E-state index >= 15 is 0 Å². The summed E-state index contributed by atoms with van der Waals surface area (Å²) in [4.78, 5) is 0. The zero-order valence-electron chi connectivity index (χ0n) is 10.5. The van der Waals surface area contributed by atoms with E-state index in [1.807, 2.05) is 10.9 Å². The molecule has 0 aromatic carbocycles. The molecule has 0 radical (unpaired) electrons. The molecule has 0 aliphatic carbocycles. The van der Waals surface area contributed by atoms with Gasteiger partial charge in [-0.05, 0) is 12.8 Å². The summed E-state index contributed by atoms with van der Waals surface area (Å²) in [5.74, 6) is 0. The average Bonchev–Trinajstić information content (AvgIpc) is 2.76. The van der Waals surface area contributed by atoms with Crippen LogP contribution < -0.4 is 0 Å². The van der Waals surface area contributed by atoms with Crippen molar-refractivity contribution in [2.24, 2.45) is 0 Å². The van der Waals surface area contributed by atoms with E-state index in [1.165, 1.54) is 32.1 Å². The van der Waals surface area contributed by atoms with Crippen LogP contribution in [0, 0.1) is 0 Å². The largest absolute Gasteiger partial charge is 0.272 e. The monoisotopic (exact) mass is 242 g/mol. The summed E-state index contributed by atoms with van der Waals surface area (Å²) in [6, 6.07) is 0. The van der Waals surface area contributed by atoms with Crippen LogP contribution in [0.1, 0.15) is 63.3 Å². The summed E-state index contributed by atoms with van der Waals surface area (Å²) in [5.41, 5.74) is 1.15. The highest BCUT2D eigenvalue weighted by Crippen LogP contribution is 2.22. The van der Waals surface area contributed by atoms with E-state index in [0.29, 0.717) is 0 Å². The molecule has 1 unspecified atom stereocenters. The number of rotatable bonds is 8. The first-order valence-electron chi connectivity index (χ1n) is 6.44. The minimum atomic E-state index is 0.119. The average molecular weight is 243 g/mol. The van der Waals surface area contributed by atoms with Crippen LogP contribution in [0.2, 0.25) is 0 Å². The van der Waals surface area contributed by atoms with Crippen molar-refractivity contribution < 1.29 is 0 Å². The molecule has 3 heteroatoms. The Balaban J connectivity index is 2.24. The fourth-order valence-corrected chi connectivity index (χ4v) is 1.89. The van der Waals surface area contributed by atoms with Crippen molar-refractivity contribution in [3.63, 3.8) is 0 Å². The Bertz CT molecular complexity index is 283. The SMILES string of the molecule is CCCCCCCn1cc(C(Cl)CC)cn1. The Morgan fingerprint density at radius 3 is 2.69 bits per heavy atom. The fourth-order valence-electron chi connectivity index (χ4n) is 1.78. The molecule has 92 valence electrons. The number of unbranched alkanes of at least 4 members (excludes halogenated alkanes) is 4. The Hall–Kier alpha value is -0.500. The molecule has 0 N–H and O–H groups in total. The third-order valence-corrected chi connectivity index (χ3v) is 3.42. The van der Waals surface area contributed by atoms with Crippen LogP contribution in [0.4, 0.5) is 0 Å². The van der Waals surface area contributed by atoms with Crippen molar-refractivity contribution in [2.75, 3.05) is 0 Å². The van der Waals surface area contributed by atoms with Crippen molar-refractivity contribution in [3.05, 3.63) is 18.0 Å². The molecular weight excluding hydrogens is 220 g/mol. The van der Waals surface area contributed by atoms with Gasteiger partial charge in [0.15, 0.2) is 0 Å². The standard InChI is InChI=1S/C13H23ClN2/c1-3-5-6-7-8-9-16-11-12(10-15-16)13(14)4-2/h10-11,13H,3-9H2,1-2H3. The highest BCUT2D eigenvalue weighted by molar-refractivity contribution is 6.20. The lowest BCUT2D eigenvalue weighted by Gasteiger charge is -2.02. The Morgan fingerprint density at radius 1 is 1.25 bits per heavy atom. The number of aromatic nitrogens is 2. The molecule has 0 aliphatic rings. The van der Waals surface area contributed by atoms with Gasteiger partial charge in [-0.25, -0.2) is 0 Å². The first-order valence-corrected chi connectivity index (χ1v) is 6.88. The molecule has 1 heterocycles. The van der Waals surface area contributed by atoms with E-state index in [-0.39, 0.29) is 5.38 Å². The van der Waals surface area contributed by atoms with E-state index in [0.717, 1.165) is 18.5 Å². The Morgan fingerprint density at radius 2 is 2.00 bits per heavy atom. The quantitative estimate of drug-likeness (QED) is 0.483. The molecule has 16 heavy (non-hydrogen) atoms. The Labute approximate surface area is 104 Å². The maximum atomic E-state index is 6.15. The van der Waals surface area contributed by atoms with Gasteiger partial charge in [0.05, 0.1) is 11.6 Å². The van der Waals surface area contributed by atoms with Gasteiger partial charge in [-0.1, -0.05) is 39.5 Å². The molecule has 0 fully saturated rings. The van der Waals surface area contributed by atoms with E-state index < -0.39 is 0 Å². The topological polar surface area (TPSA) is 17.8 Å². The molecular formula is C13H23ClN2. The zero-order chi connectivity index (χ0) is 11.8. The molecule has 1 aromatic rings. The molecule has 1 rings (SSSR count). The third kappa shape index (κ3) is 4.56. The first kappa shape index (κ1) is 13.6. The van der Waals surface area contributed by atoms with Gasteiger partial charge in [-0.15, -0.1) is 11.6 Å². The van der Waals surface area contributed by atoms with E-state index in [9.17, 15) is 0 Å². The summed E-state index contributed by atoms with van der Waals surface area (Å²) < 4.78 is 2.02. The number of hydrogen-bond donors (Lipinski definition) is 0. The number of aryl methyl sites for hydroxylation is 1. The van der Waals surface area contributed by atoms with Crippen LogP contribution in [0.25, 0.3) is 0 Å². The highest BCUT2D eigenvalue weighted by atomic mass is 35.5. The van der Waals surface area contributed by atoms with Crippen molar-refractivity contribution in [1.82, 2.24) is 9.78 Å². The van der Waals surface area contributed by atoms with Crippen molar-refractivity contribution in [1.29, 1.82) is 0 Å².